The highest BCUT2D eigenvalue weighted by molar-refractivity contribution is 6.29. The van der Waals surface area contributed by atoms with Gasteiger partial charge in [-0.2, -0.15) is 27.1 Å². The molecule has 1 unspecified atom stereocenters. The van der Waals surface area contributed by atoms with Gasteiger partial charge in [0, 0.05) is 23.6 Å². The maximum atomic E-state index is 13.9. The average Bonchev–Trinajstić information content (AvgIpc) is 3.64. The van der Waals surface area contributed by atoms with Crippen molar-refractivity contribution in [3.63, 3.8) is 0 Å². The van der Waals surface area contributed by atoms with Gasteiger partial charge in [-0.25, -0.2) is 9.50 Å². The second-order valence-electron chi connectivity index (χ2n) is 9.02. The lowest BCUT2D eigenvalue weighted by molar-refractivity contribution is -0.276. The predicted octanol–water partition coefficient (Wildman–Crippen LogP) is 5.23. The van der Waals surface area contributed by atoms with Crippen molar-refractivity contribution in [2.24, 2.45) is 0 Å². The number of aromatic nitrogens is 3. The molecule has 0 radical (unpaired) electrons. The lowest BCUT2D eigenvalue weighted by atomic mass is 9.95. The number of benzene rings is 1. The van der Waals surface area contributed by atoms with E-state index in [1.807, 2.05) is 6.07 Å². The second kappa shape index (κ2) is 6.43. The van der Waals surface area contributed by atoms with E-state index in [0.29, 0.717) is 34.1 Å². The average molecular weight is 483 g/mol. The number of nitrogens with zero attached hydrogens (tertiary/aromatic N) is 4. The summed E-state index contributed by atoms with van der Waals surface area (Å²) in [6.45, 7) is -1.71. The van der Waals surface area contributed by atoms with Gasteiger partial charge in [0.05, 0.1) is 12.0 Å². The van der Waals surface area contributed by atoms with Crippen molar-refractivity contribution in [2.75, 3.05) is 11.4 Å². The zero-order chi connectivity index (χ0) is 23.3. The lowest BCUT2D eigenvalue weighted by Crippen LogP contribution is -2.49. The molecule has 3 aliphatic rings. The van der Waals surface area contributed by atoms with Gasteiger partial charge in [0.15, 0.2) is 5.65 Å². The van der Waals surface area contributed by atoms with Crippen LogP contribution >= 0.6 is 11.6 Å². The number of carbonyl (C=O) groups excluding carboxylic acids is 1. The summed E-state index contributed by atoms with van der Waals surface area (Å²) < 4.78 is 68.0. The molecule has 0 N–H and O–H groups in total. The maximum Gasteiger partial charge on any atom is 0.455 e. The molecule has 1 aromatic carbocycles. The Balaban J connectivity index is 1.35. The lowest BCUT2D eigenvalue weighted by Gasteiger charge is -2.26. The van der Waals surface area contributed by atoms with Gasteiger partial charge in [-0.1, -0.05) is 23.7 Å². The van der Waals surface area contributed by atoms with Crippen LogP contribution in [0, 0.1) is 0 Å². The summed E-state index contributed by atoms with van der Waals surface area (Å²) in [5.74, 6) is -5.63. The number of rotatable bonds is 4. The number of anilines is 1. The highest BCUT2D eigenvalue weighted by Crippen LogP contribution is 2.61. The summed E-state index contributed by atoms with van der Waals surface area (Å²) in [5.41, 5.74) is 2.06. The van der Waals surface area contributed by atoms with E-state index in [2.05, 4.69) is 10.1 Å². The highest BCUT2D eigenvalue weighted by Gasteiger charge is 2.64. The van der Waals surface area contributed by atoms with Crippen LogP contribution in [0.25, 0.3) is 5.65 Å². The minimum atomic E-state index is -5.73. The Hall–Kier alpha value is -2.75. The van der Waals surface area contributed by atoms with E-state index >= 15 is 0 Å². The molecule has 11 heteroatoms. The van der Waals surface area contributed by atoms with Crippen LogP contribution < -0.4 is 4.90 Å². The minimum Gasteiger partial charge on any atom is -0.305 e. The van der Waals surface area contributed by atoms with E-state index in [1.54, 1.807) is 35.1 Å². The van der Waals surface area contributed by atoms with Gasteiger partial charge < -0.3 is 4.90 Å². The van der Waals surface area contributed by atoms with Crippen LogP contribution in [0.3, 0.4) is 0 Å². The van der Waals surface area contributed by atoms with Crippen molar-refractivity contribution in [1.82, 2.24) is 14.6 Å². The zero-order valence-corrected chi connectivity index (χ0v) is 17.7. The van der Waals surface area contributed by atoms with Crippen LogP contribution in [0.2, 0.25) is 5.15 Å². The molecule has 0 saturated heterocycles. The molecule has 2 saturated carbocycles. The van der Waals surface area contributed by atoms with E-state index in [0.717, 1.165) is 17.5 Å². The summed E-state index contributed by atoms with van der Waals surface area (Å²) in [4.78, 5) is 17.8. The first kappa shape index (κ1) is 20.8. The monoisotopic (exact) mass is 482 g/mol. The smallest absolute Gasteiger partial charge is 0.305 e. The Bertz CT molecular complexity index is 1320. The SMILES string of the molecule is O=C1N(CC(F)(F)C(F)(F)F)c2cc(C3C[C@@H]3c3cc(Cl)nn4ccnc34)ccc2C12CC2. The second-order valence-corrected chi connectivity index (χ2v) is 9.41. The summed E-state index contributed by atoms with van der Waals surface area (Å²) in [6.07, 6.45) is -0.815. The molecule has 1 spiro atoms. The molecule has 1 aliphatic heterocycles. The molecule has 2 fully saturated rings. The molecule has 3 heterocycles. The fraction of sp³-hybridized carbons (Fsp3) is 0.409. The first-order valence-electron chi connectivity index (χ1n) is 10.4. The summed E-state index contributed by atoms with van der Waals surface area (Å²) >= 11 is 6.13. The zero-order valence-electron chi connectivity index (χ0n) is 16.9. The molecule has 172 valence electrons. The van der Waals surface area contributed by atoms with E-state index in [9.17, 15) is 26.7 Å². The fourth-order valence-electron chi connectivity index (χ4n) is 5.03. The van der Waals surface area contributed by atoms with Gasteiger partial charge in [0.2, 0.25) is 5.91 Å². The van der Waals surface area contributed by atoms with E-state index < -0.39 is 30.0 Å². The van der Waals surface area contributed by atoms with E-state index in [4.69, 9.17) is 11.6 Å². The number of fused-ring (bicyclic) bond motifs is 3. The van der Waals surface area contributed by atoms with Crippen molar-refractivity contribution in [2.45, 2.75) is 48.6 Å². The normalized spacial score (nSPS) is 23.5. The summed E-state index contributed by atoms with van der Waals surface area (Å²) in [5, 5.41) is 4.46. The van der Waals surface area contributed by atoms with Crippen molar-refractivity contribution >= 4 is 28.8 Å². The molecule has 2 aromatic heterocycles. The largest absolute Gasteiger partial charge is 0.455 e. The van der Waals surface area contributed by atoms with Crippen molar-refractivity contribution in [1.29, 1.82) is 0 Å². The summed E-state index contributed by atoms with van der Waals surface area (Å²) in [6, 6.07) is 6.89. The number of halogens is 6. The standard InChI is InChI=1S/C22H16ClF5N4O/c23-17-9-14(18-29-5-6-32(18)30-17)13-8-12(13)11-1-2-15-16(7-11)31(19(33)20(15)3-4-20)10-21(24,25)22(26,27)28/h1-2,5-7,9,12-13H,3-4,8,10H2/t12?,13-/m0/s1. The Morgan fingerprint density at radius 2 is 1.88 bits per heavy atom. The number of hydrogen-bond acceptors (Lipinski definition) is 3. The number of imidazole rings is 1. The quantitative estimate of drug-likeness (QED) is 0.478. The fourth-order valence-corrected chi connectivity index (χ4v) is 5.23. The third kappa shape index (κ3) is 2.99. The number of amides is 1. The first-order chi connectivity index (χ1) is 15.5. The Labute approximate surface area is 189 Å². The van der Waals surface area contributed by atoms with Gasteiger partial charge >= 0.3 is 12.1 Å². The Morgan fingerprint density at radius 3 is 2.58 bits per heavy atom. The molecular formula is C22H16ClF5N4O. The van der Waals surface area contributed by atoms with Gasteiger partial charge in [-0.05, 0) is 54.4 Å². The van der Waals surface area contributed by atoms with E-state index in [1.165, 1.54) is 0 Å². The third-order valence-electron chi connectivity index (χ3n) is 6.98. The maximum absolute atomic E-state index is 13.9. The molecule has 1 amide bonds. The van der Waals surface area contributed by atoms with Crippen LogP contribution in [-0.2, 0) is 10.2 Å². The molecule has 0 bridgehead atoms. The Morgan fingerprint density at radius 1 is 1.12 bits per heavy atom. The molecule has 2 aliphatic carbocycles. The topological polar surface area (TPSA) is 50.5 Å². The molecule has 3 aromatic rings. The van der Waals surface area contributed by atoms with Crippen molar-refractivity contribution < 1.29 is 26.7 Å². The molecule has 2 atom stereocenters. The summed E-state index contributed by atoms with van der Waals surface area (Å²) in [7, 11) is 0. The number of hydrogen-bond donors (Lipinski definition) is 0. The molecule has 33 heavy (non-hydrogen) atoms. The highest BCUT2D eigenvalue weighted by atomic mass is 35.5. The number of alkyl halides is 5. The van der Waals surface area contributed by atoms with E-state index in [-0.39, 0.29) is 17.5 Å². The van der Waals surface area contributed by atoms with Crippen molar-refractivity contribution in [3.8, 4) is 0 Å². The van der Waals surface area contributed by atoms with Crippen LogP contribution in [0.5, 0.6) is 0 Å². The minimum absolute atomic E-state index is 0.00472. The van der Waals surface area contributed by atoms with Crippen LogP contribution in [-0.4, -0.2) is 39.1 Å². The van der Waals surface area contributed by atoms with Crippen LogP contribution in [0.15, 0.2) is 36.7 Å². The van der Waals surface area contributed by atoms with Gasteiger partial charge in [0.25, 0.3) is 0 Å². The molecule has 5 nitrogen and oxygen atoms in total. The van der Waals surface area contributed by atoms with Gasteiger partial charge in [0.1, 0.15) is 5.15 Å². The third-order valence-corrected chi connectivity index (χ3v) is 7.16. The predicted molar refractivity (Wildman–Crippen MR) is 109 cm³/mol. The molecule has 6 rings (SSSR count). The van der Waals surface area contributed by atoms with Crippen LogP contribution in [0.4, 0.5) is 27.6 Å². The van der Waals surface area contributed by atoms with Crippen molar-refractivity contribution in [3.05, 3.63) is 58.5 Å². The molecular weight excluding hydrogens is 467 g/mol. The first-order valence-corrected chi connectivity index (χ1v) is 10.8. The number of carbonyl (C=O) groups is 1. The Kier molecular flexibility index (Phi) is 4.06. The van der Waals surface area contributed by atoms with Gasteiger partial charge in [-0.15, -0.1) is 0 Å². The van der Waals surface area contributed by atoms with Crippen LogP contribution in [0.1, 0.15) is 47.8 Å². The van der Waals surface area contributed by atoms with Gasteiger partial charge in [-0.3, -0.25) is 4.79 Å².